The first-order valence-corrected chi connectivity index (χ1v) is 6.29. The van der Waals surface area contributed by atoms with Crippen molar-refractivity contribution in [1.29, 1.82) is 0 Å². The highest BCUT2D eigenvalue weighted by Gasteiger charge is 2.20. The number of pyridine rings is 1. The van der Waals surface area contributed by atoms with Crippen LogP contribution in [0.25, 0.3) is 0 Å². The minimum atomic E-state index is -0.0185. The zero-order valence-corrected chi connectivity index (χ0v) is 10.9. The monoisotopic (exact) mass is 248 g/mol. The van der Waals surface area contributed by atoms with Crippen molar-refractivity contribution >= 4 is 17.4 Å². The molecule has 18 heavy (non-hydrogen) atoms. The molecule has 0 radical (unpaired) electrons. The molecule has 1 heterocycles. The van der Waals surface area contributed by atoms with Crippen LogP contribution in [-0.2, 0) is 4.79 Å². The first kappa shape index (κ1) is 12.8. The Labute approximate surface area is 108 Å². The molecule has 5 heteroatoms. The second kappa shape index (κ2) is 5.82. The standard InChI is InChI=1S/C13H20N4O/c1-17(2)12-6-5-11(8-15-12)16-13(18)9-14-7-10-3-4-10/h5-6,8,10,14H,3-4,7,9H2,1-2H3,(H,16,18). The molecule has 98 valence electrons. The van der Waals surface area contributed by atoms with Gasteiger partial charge in [0.2, 0.25) is 5.91 Å². The van der Waals surface area contributed by atoms with Crippen molar-refractivity contribution < 1.29 is 4.79 Å². The Balaban J connectivity index is 1.75. The summed E-state index contributed by atoms with van der Waals surface area (Å²) >= 11 is 0. The molecule has 0 unspecified atom stereocenters. The van der Waals surface area contributed by atoms with E-state index in [1.165, 1.54) is 12.8 Å². The van der Waals surface area contributed by atoms with Gasteiger partial charge in [-0.25, -0.2) is 4.98 Å². The number of hydrogen-bond acceptors (Lipinski definition) is 4. The Morgan fingerprint density at radius 1 is 1.44 bits per heavy atom. The summed E-state index contributed by atoms with van der Waals surface area (Å²) in [5, 5.41) is 5.98. The molecule has 0 aromatic carbocycles. The van der Waals surface area contributed by atoms with E-state index in [0.29, 0.717) is 6.54 Å². The third-order valence-corrected chi connectivity index (χ3v) is 2.91. The zero-order chi connectivity index (χ0) is 13.0. The summed E-state index contributed by atoms with van der Waals surface area (Å²) in [6, 6.07) is 3.74. The van der Waals surface area contributed by atoms with E-state index in [0.717, 1.165) is 24.0 Å². The Bertz CT molecular complexity index is 398. The summed E-state index contributed by atoms with van der Waals surface area (Å²) in [6.07, 6.45) is 4.27. The van der Waals surface area contributed by atoms with Crippen LogP contribution in [0.1, 0.15) is 12.8 Å². The highest BCUT2D eigenvalue weighted by Crippen LogP contribution is 2.27. The molecule has 0 aliphatic heterocycles. The molecule has 1 aromatic rings. The number of nitrogens with one attached hydrogen (secondary N) is 2. The van der Waals surface area contributed by atoms with Crippen molar-refractivity contribution in [3.63, 3.8) is 0 Å². The van der Waals surface area contributed by atoms with E-state index < -0.39 is 0 Å². The quantitative estimate of drug-likeness (QED) is 0.791. The second-order valence-corrected chi connectivity index (χ2v) is 4.92. The lowest BCUT2D eigenvalue weighted by Gasteiger charge is -2.11. The fourth-order valence-electron chi connectivity index (χ4n) is 1.64. The van der Waals surface area contributed by atoms with E-state index in [1.807, 2.05) is 31.1 Å². The number of rotatable bonds is 6. The molecule has 0 spiro atoms. The Morgan fingerprint density at radius 3 is 2.78 bits per heavy atom. The Kier molecular flexibility index (Phi) is 4.15. The smallest absolute Gasteiger partial charge is 0.238 e. The average molecular weight is 248 g/mol. The molecule has 1 aliphatic carbocycles. The lowest BCUT2D eigenvalue weighted by atomic mass is 10.3. The second-order valence-electron chi connectivity index (χ2n) is 4.92. The van der Waals surface area contributed by atoms with E-state index in [-0.39, 0.29) is 5.91 Å². The predicted molar refractivity (Wildman–Crippen MR) is 72.8 cm³/mol. The van der Waals surface area contributed by atoms with Gasteiger partial charge in [0.05, 0.1) is 18.4 Å². The van der Waals surface area contributed by atoms with Crippen LogP contribution < -0.4 is 15.5 Å². The van der Waals surface area contributed by atoms with Crippen LogP contribution in [0.4, 0.5) is 11.5 Å². The lowest BCUT2D eigenvalue weighted by Crippen LogP contribution is -2.29. The van der Waals surface area contributed by atoms with Crippen LogP contribution in [0.5, 0.6) is 0 Å². The maximum atomic E-state index is 11.6. The molecule has 0 bridgehead atoms. The van der Waals surface area contributed by atoms with E-state index in [4.69, 9.17) is 0 Å². The minimum Gasteiger partial charge on any atom is -0.363 e. The van der Waals surface area contributed by atoms with Gasteiger partial charge < -0.3 is 15.5 Å². The van der Waals surface area contributed by atoms with Gasteiger partial charge in [0.25, 0.3) is 0 Å². The third-order valence-electron chi connectivity index (χ3n) is 2.91. The summed E-state index contributed by atoms with van der Waals surface area (Å²) in [5.74, 6) is 1.65. The normalized spacial score (nSPS) is 14.3. The van der Waals surface area contributed by atoms with Crippen molar-refractivity contribution in [3.8, 4) is 0 Å². The van der Waals surface area contributed by atoms with Gasteiger partial charge in [-0.15, -0.1) is 0 Å². The van der Waals surface area contributed by atoms with Gasteiger partial charge in [0, 0.05) is 14.1 Å². The third kappa shape index (κ3) is 4.00. The molecule has 2 rings (SSSR count). The van der Waals surface area contributed by atoms with Crippen LogP contribution in [-0.4, -0.2) is 38.1 Å². The first-order chi connectivity index (χ1) is 8.65. The van der Waals surface area contributed by atoms with Crippen LogP contribution in [0.3, 0.4) is 0 Å². The maximum absolute atomic E-state index is 11.6. The molecular formula is C13H20N4O. The van der Waals surface area contributed by atoms with Crippen molar-refractivity contribution in [1.82, 2.24) is 10.3 Å². The number of hydrogen-bond donors (Lipinski definition) is 2. The van der Waals surface area contributed by atoms with Crippen LogP contribution >= 0.6 is 0 Å². The van der Waals surface area contributed by atoms with Crippen LogP contribution in [0, 0.1) is 5.92 Å². The number of aromatic nitrogens is 1. The van der Waals surface area contributed by atoms with Crippen LogP contribution in [0.2, 0.25) is 0 Å². The molecule has 1 amide bonds. The fraction of sp³-hybridized carbons (Fsp3) is 0.538. The average Bonchev–Trinajstić information content (AvgIpc) is 3.13. The molecule has 1 aromatic heterocycles. The van der Waals surface area contributed by atoms with E-state index >= 15 is 0 Å². The van der Waals surface area contributed by atoms with E-state index in [9.17, 15) is 4.79 Å². The number of nitrogens with zero attached hydrogens (tertiary/aromatic N) is 2. The minimum absolute atomic E-state index is 0.0185. The number of anilines is 2. The van der Waals surface area contributed by atoms with Gasteiger partial charge in [-0.2, -0.15) is 0 Å². The number of carbonyl (C=O) groups is 1. The topological polar surface area (TPSA) is 57.3 Å². The van der Waals surface area contributed by atoms with Crippen molar-refractivity contribution in [3.05, 3.63) is 18.3 Å². The largest absolute Gasteiger partial charge is 0.363 e. The molecule has 0 atom stereocenters. The fourth-order valence-corrected chi connectivity index (χ4v) is 1.64. The van der Waals surface area contributed by atoms with Gasteiger partial charge in [-0.05, 0) is 37.4 Å². The Hall–Kier alpha value is -1.62. The maximum Gasteiger partial charge on any atom is 0.238 e. The number of carbonyl (C=O) groups excluding carboxylic acids is 1. The van der Waals surface area contributed by atoms with Crippen molar-refractivity contribution in [2.24, 2.45) is 5.92 Å². The van der Waals surface area contributed by atoms with Crippen molar-refractivity contribution in [2.45, 2.75) is 12.8 Å². The molecule has 1 saturated carbocycles. The first-order valence-electron chi connectivity index (χ1n) is 6.29. The van der Waals surface area contributed by atoms with Gasteiger partial charge in [-0.1, -0.05) is 0 Å². The van der Waals surface area contributed by atoms with Gasteiger partial charge in [0.1, 0.15) is 5.82 Å². The predicted octanol–water partition coefficient (Wildman–Crippen LogP) is 1.09. The van der Waals surface area contributed by atoms with E-state index in [2.05, 4.69) is 15.6 Å². The highest BCUT2D eigenvalue weighted by atomic mass is 16.1. The summed E-state index contributed by atoms with van der Waals surface area (Å²) < 4.78 is 0. The zero-order valence-electron chi connectivity index (χ0n) is 10.9. The molecule has 1 aliphatic rings. The molecule has 1 fully saturated rings. The molecule has 5 nitrogen and oxygen atoms in total. The van der Waals surface area contributed by atoms with Gasteiger partial charge in [-0.3, -0.25) is 4.79 Å². The Morgan fingerprint density at radius 2 is 2.22 bits per heavy atom. The molecular weight excluding hydrogens is 228 g/mol. The van der Waals surface area contributed by atoms with Crippen LogP contribution in [0.15, 0.2) is 18.3 Å². The number of amides is 1. The summed E-state index contributed by atoms with van der Waals surface area (Å²) in [4.78, 5) is 17.8. The van der Waals surface area contributed by atoms with Gasteiger partial charge in [0.15, 0.2) is 0 Å². The molecule has 0 saturated heterocycles. The summed E-state index contributed by atoms with van der Waals surface area (Å²) in [5.41, 5.74) is 0.735. The van der Waals surface area contributed by atoms with Gasteiger partial charge >= 0.3 is 0 Å². The summed E-state index contributed by atoms with van der Waals surface area (Å²) in [6.45, 7) is 1.32. The highest BCUT2D eigenvalue weighted by molar-refractivity contribution is 5.92. The molecule has 2 N–H and O–H groups in total. The SMILES string of the molecule is CN(C)c1ccc(NC(=O)CNCC2CC2)cn1. The van der Waals surface area contributed by atoms with Crippen molar-refractivity contribution in [2.75, 3.05) is 37.4 Å². The lowest BCUT2D eigenvalue weighted by molar-refractivity contribution is -0.115. The summed E-state index contributed by atoms with van der Waals surface area (Å²) in [7, 11) is 3.87. The van der Waals surface area contributed by atoms with E-state index in [1.54, 1.807) is 6.20 Å².